The van der Waals surface area contributed by atoms with Gasteiger partial charge in [0, 0.05) is 0 Å². The van der Waals surface area contributed by atoms with Gasteiger partial charge in [0.2, 0.25) is 0 Å². The first-order valence-corrected chi connectivity index (χ1v) is 6.91. The molecule has 0 spiro atoms. The number of nitrogens with one attached hydrogen (secondary N) is 1. The topological polar surface area (TPSA) is 63.0 Å². The minimum atomic E-state index is -0.541. The third-order valence-corrected chi connectivity index (χ3v) is 3.49. The zero-order chi connectivity index (χ0) is 14.6. The largest absolute Gasteiger partial charge is 0.394 e. The Morgan fingerprint density at radius 2 is 1.95 bits per heavy atom. The van der Waals surface area contributed by atoms with Gasteiger partial charge in [-0.2, -0.15) is 5.10 Å². The fraction of sp³-hybridized carbons (Fsp3) is 0.467. The van der Waals surface area contributed by atoms with E-state index in [1.165, 1.54) is 0 Å². The van der Waals surface area contributed by atoms with Gasteiger partial charge in [-0.15, -0.1) is 0 Å². The molecule has 5 heteroatoms. The van der Waals surface area contributed by atoms with Crippen LogP contribution in [-0.2, 0) is 12.1 Å². The summed E-state index contributed by atoms with van der Waals surface area (Å²) in [5.41, 5.74) is 0.512. The second kappa shape index (κ2) is 6.15. The van der Waals surface area contributed by atoms with Gasteiger partial charge < -0.3 is 10.4 Å². The fourth-order valence-corrected chi connectivity index (χ4v) is 2.51. The summed E-state index contributed by atoms with van der Waals surface area (Å²) in [4.78, 5) is 4.33. The molecule has 1 atom stereocenters. The zero-order valence-corrected chi connectivity index (χ0v) is 12.3. The molecule has 0 saturated heterocycles. The molecule has 0 bridgehead atoms. The highest BCUT2D eigenvalue weighted by Crippen LogP contribution is 2.23. The molecule has 108 valence electrons. The van der Waals surface area contributed by atoms with Crippen LogP contribution >= 0.6 is 0 Å². The van der Waals surface area contributed by atoms with Crippen LogP contribution < -0.4 is 5.32 Å². The number of aliphatic hydroxyl groups is 1. The molecule has 2 rings (SSSR count). The van der Waals surface area contributed by atoms with Gasteiger partial charge >= 0.3 is 0 Å². The minimum absolute atomic E-state index is 0.00318. The highest BCUT2D eigenvalue weighted by molar-refractivity contribution is 5.24. The van der Waals surface area contributed by atoms with E-state index in [1.807, 2.05) is 55.8 Å². The summed E-state index contributed by atoms with van der Waals surface area (Å²) in [7, 11) is 0. The van der Waals surface area contributed by atoms with Crippen LogP contribution in [-0.4, -0.2) is 33.0 Å². The number of aliphatic hydroxyl groups excluding tert-OH is 1. The van der Waals surface area contributed by atoms with Crippen molar-refractivity contribution in [3.63, 3.8) is 0 Å². The van der Waals surface area contributed by atoms with Crippen molar-refractivity contribution in [3.05, 3.63) is 47.5 Å². The molecule has 1 aromatic carbocycles. The van der Waals surface area contributed by atoms with Crippen LogP contribution in [0.3, 0.4) is 0 Å². The van der Waals surface area contributed by atoms with Crippen LogP contribution in [0.25, 0.3) is 0 Å². The SMILES string of the molecule is CCNC(CO)(Cn1nc(C)nc1C)c1ccccc1. The maximum Gasteiger partial charge on any atom is 0.147 e. The highest BCUT2D eigenvalue weighted by atomic mass is 16.3. The Balaban J connectivity index is 2.39. The third-order valence-electron chi connectivity index (χ3n) is 3.49. The lowest BCUT2D eigenvalue weighted by atomic mass is 9.90. The summed E-state index contributed by atoms with van der Waals surface area (Å²) < 4.78 is 1.85. The van der Waals surface area contributed by atoms with Crippen molar-refractivity contribution < 1.29 is 5.11 Å². The van der Waals surface area contributed by atoms with Gasteiger partial charge in [0.25, 0.3) is 0 Å². The van der Waals surface area contributed by atoms with Crippen molar-refractivity contribution in [1.29, 1.82) is 0 Å². The van der Waals surface area contributed by atoms with Gasteiger partial charge in [0.15, 0.2) is 0 Å². The van der Waals surface area contributed by atoms with Gasteiger partial charge in [-0.25, -0.2) is 9.67 Å². The predicted octanol–water partition coefficient (Wildman–Crippen LogP) is 1.39. The molecule has 1 unspecified atom stereocenters. The second-order valence-electron chi connectivity index (χ2n) is 5.00. The van der Waals surface area contributed by atoms with E-state index in [0.717, 1.165) is 23.8 Å². The lowest BCUT2D eigenvalue weighted by molar-refractivity contribution is 0.138. The van der Waals surface area contributed by atoms with E-state index in [9.17, 15) is 5.11 Å². The lowest BCUT2D eigenvalue weighted by Crippen LogP contribution is -2.49. The lowest BCUT2D eigenvalue weighted by Gasteiger charge is -2.33. The van der Waals surface area contributed by atoms with Crippen LogP contribution in [0.5, 0.6) is 0 Å². The van der Waals surface area contributed by atoms with E-state index in [2.05, 4.69) is 15.4 Å². The van der Waals surface area contributed by atoms with Crippen LogP contribution in [0.4, 0.5) is 0 Å². The predicted molar refractivity (Wildman–Crippen MR) is 78.4 cm³/mol. The number of rotatable bonds is 6. The Bertz CT molecular complexity index is 552. The van der Waals surface area contributed by atoms with Gasteiger partial charge in [-0.3, -0.25) is 0 Å². The molecule has 0 fully saturated rings. The normalized spacial score (nSPS) is 14.2. The molecule has 2 N–H and O–H groups in total. The van der Waals surface area contributed by atoms with Crippen molar-refractivity contribution in [2.24, 2.45) is 0 Å². The van der Waals surface area contributed by atoms with Crippen molar-refractivity contribution in [2.45, 2.75) is 32.9 Å². The first-order chi connectivity index (χ1) is 9.61. The Morgan fingerprint density at radius 3 is 2.45 bits per heavy atom. The van der Waals surface area contributed by atoms with Crippen molar-refractivity contribution in [3.8, 4) is 0 Å². The number of likely N-dealkylation sites (N-methyl/N-ethyl adjacent to an activating group) is 1. The van der Waals surface area contributed by atoms with Gasteiger partial charge in [0.1, 0.15) is 11.6 Å². The number of hydrogen-bond donors (Lipinski definition) is 2. The van der Waals surface area contributed by atoms with Crippen molar-refractivity contribution in [2.75, 3.05) is 13.2 Å². The van der Waals surface area contributed by atoms with E-state index in [0.29, 0.717) is 6.54 Å². The van der Waals surface area contributed by atoms with Gasteiger partial charge in [0.05, 0.1) is 18.7 Å². The standard InChI is InChI=1S/C15H22N4O/c1-4-16-15(11-20,14-8-6-5-7-9-14)10-19-13(3)17-12(2)18-19/h5-9,16,20H,4,10-11H2,1-3H3. The third kappa shape index (κ3) is 2.89. The summed E-state index contributed by atoms with van der Waals surface area (Å²) in [5, 5.41) is 17.8. The van der Waals surface area contributed by atoms with E-state index < -0.39 is 5.54 Å². The van der Waals surface area contributed by atoms with E-state index >= 15 is 0 Å². The molecule has 0 saturated carbocycles. The first kappa shape index (κ1) is 14.7. The maximum atomic E-state index is 10.00. The molecular formula is C15H22N4O. The van der Waals surface area contributed by atoms with Crippen LogP contribution in [0.2, 0.25) is 0 Å². The Kier molecular flexibility index (Phi) is 4.52. The number of nitrogens with zero attached hydrogens (tertiary/aromatic N) is 3. The van der Waals surface area contributed by atoms with Crippen molar-refractivity contribution in [1.82, 2.24) is 20.1 Å². The zero-order valence-electron chi connectivity index (χ0n) is 12.3. The Morgan fingerprint density at radius 1 is 1.25 bits per heavy atom. The minimum Gasteiger partial charge on any atom is -0.394 e. The molecule has 1 heterocycles. The van der Waals surface area contributed by atoms with Crippen LogP contribution in [0, 0.1) is 13.8 Å². The number of benzene rings is 1. The maximum absolute atomic E-state index is 10.00. The summed E-state index contributed by atoms with van der Waals surface area (Å²) in [6.07, 6.45) is 0. The van der Waals surface area contributed by atoms with Gasteiger partial charge in [-0.05, 0) is 26.0 Å². The molecule has 1 aromatic heterocycles. The summed E-state index contributed by atoms with van der Waals surface area (Å²) in [5.74, 6) is 1.60. The molecule has 2 aromatic rings. The fourth-order valence-electron chi connectivity index (χ4n) is 2.51. The Hall–Kier alpha value is -1.72. The molecular weight excluding hydrogens is 252 g/mol. The molecule has 0 aliphatic heterocycles. The molecule has 0 aliphatic rings. The molecule has 0 amide bonds. The monoisotopic (exact) mass is 274 g/mol. The first-order valence-electron chi connectivity index (χ1n) is 6.91. The molecule has 0 radical (unpaired) electrons. The number of aryl methyl sites for hydroxylation is 2. The number of aromatic nitrogens is 3. The van der Waals surface area contributed by atoms with Gasteiger partial charge in [-0.1, -0.05) is 37.3 Å². The summed E-state index contributed by atoms with van der Waals surface area (Å²) >= 11 is 0. The van der Waals surface area contributed by atoms with E-state index in [1.54, 1.807) is 0 Å². The summed E-state index contributed by atoms with van der Waals surface area (Å²) in [6, 6.07) is 9.99. The average Bonchev–Trinajstić information content (AvgIpc) is 2.77. The molecule has 20 heavy (non-hydrogen) atoms. The van der Waals surface area contributed by atoms with Crippen LogP contribution in [0.1, 0.15) is 24.1 Å². The highest BCUT2D eigenvalue weighted by Gasteiger charge is 2.32. The Labute approximate surface area is 119 Å². The molecule has 0 aliphatic carbocycles. The number of hydrogen-bond acceptors (Lipinski definition) is 4. The average molecular weight is 274 g/mol. The van der Waals surface area contributed by atoms with Crippen molar-refractivity contribution >= 4 is 0 Å². The smallest absolute Gasteiger partial charge is 0.147 e. The van der Waals surface area contributed by atoms with Crippen LogP contribution in [0.15, 0.2) is 30.3 Å². The van der Waals surface area contributed by atoms with E-state index in [4.69, 9.17) is 0 Å². The summed E-state index contributed by atoms with van der Waals surface area (Å²) in [6.45, 7) is 7.16. The second-order valence-corrected chi connectivity index (χ2v) is 5.00. The van der Waals surface area contributed by atoms with E-state index in [-0.39, 0.29) is 6.61 Å². The molecule has 5 nitrogen and oxygen atoms in total. The quantitative estimate of drug-likeness (QED) is 0.835.